The average Bonchev–Trinajstić information content (AvgIpc) is 2.97. The molecule has 4 N–H and O–H groups in total. The Morgan fingerprint density at radius 2 is 2.08 bits per heavy atom. The molecule has 0 bridgehead atoms. The van der Waals surface area contributed by atoms with Gasteiger partial charge < -0.3 is 20.3 Å². The Bertz CT molecular complexity index is 798. The number of aliphatic hydroxyl groups excluding tert-OH is 1. The quantitative estimate of drug-likeness (QED) is 0.460. The summed E-state index contributed by atoms with van der Waals surface area (Å²) in [6.45, 7) is 5.75. The van der Waals surface area contributed by atoms with Gasteiger partial charge in [-0.2, -0.15) is 5.26 Å². The largest absolute Gasteiger partial charge is 0.505 e. The van der Waals surface area contributed by atoms with E-state index in [0.717, 1.165) is 15.9 Å². The molecule has 0 aliphatic rings. The molecule has 132 valence electrons. The summed E-state index contributed by atoms with van der Waals surface area (Å²) in [6, 6.07) is 9.07. The second-order valence-corrected chi connectivity index (χ2v) is 6.44. The van der Waals surface area contributed by atoms with Gasteiger partial charge in [0.25, 0.3) is 5.91 Å². The molecular formula is C18H24N5O2+. The van der Waals surface area contributed by atoms with E-state index in [0.29, 0.717) is 5.82 Å². The van der Waals surface area contributed by atoms with Crippen LogP contribution in [0.4, 0.5) is 0 Å². The van der Waals surface area contributed by atoms with E-state index in [2.05, 4.69) is 15.3 Å². The normalized spacial score (nSPS) is 14.7. The molecule has 1 aromatic heterocycles. The smallest absolute Gasteiger partial charge is 0.275 e. The van der Waals surface area contributed by atoms with Crippen molar-refractivity contribution in [2.45, 2.75) is 32.9 Å². The molecule has 25 heavy (non-hydrogen) atoms. The van der Waals surface area contributed by atoms with Crippen LogP contribution in [0.1, 0.15) is 26.6 Å². The molecule has 0 fully saturated rings. The molecule has 0 saturated carbocycles. The number of allylic oxidation sites excluding steroid dienone is 1. The predicted molar refractivity (Wildman–Crippen MR) is 95.7 cm³/mol. The van der Waals surface area contributed by atoms with Crippen molar-refractivity contribution in [3.05, 3.63) is 35.8 Å². The minimum atomic E-state index is -0.430. The average molecular weight is 342 g/mol. The molecule has 7 heteroatoms. The number of H-pyrrole nitrogens is 1. The number of aliphatic hydroxyl groups is 1. The van der Waals surface area contributed by atoms with Crippen molar-refractivity contribution in [2.24, 2.45) is 0 Å². The highest BCUT2D eigenvalue weighted by Crippen LogP contribution is 2.19. The van der Waals surface area contributed by atoms with Crippen LogP contribution in [0.25, 0.3) is 16.6 Å². The van der Waals surface area contributed by atoms with Gasteiger partial charge in [-0.05, 0) is 32.9 Å². The number of likely N-dealkylation sites (N-methyl/N-ethyl adjacent to an activating group) is 1. The van der Waals surface area contributed by atoms with Gasteiger partial charge in [-0.3, -0.25) is 4.79 Å². The fourth-order valence-corrected chi connectivity index (χ4v) is 2.53. The second kappa shape index (κ2) is 7.81. The van der Waals surface area contributed by atoms with Crippen molar-refractivity contribution < 1.29 is 14.8 Å². The van der Waals surface area contributed by atoms with Crippen LogP contribution in [0.15, 0.2) is 30.0 Å². The lowest BCUT2D eigenvalue weighted by Gasteiger charge is -2.21. The Morgan fingerprint density at radius 3 is 2.68 bits per heavy atom. The highest BCUT2D eigenvalue weighted by atomic mass is 16.3. The number of amides is 1. The molecule has 0 aliphatic carbocycles. The maximum Gasteiger partial charge on any atom is 0.275 e. The molecule has 1 aromatic carbocycles. The number of imidazole rings is 1. The minimum Gasteiger partial charge on any atom is -0.505 e. The van der Waals surface area contributed by atoms with Crippen LogP contribution in [-0.2, 0) is 4.79 Å². The zero-order chi connectivity index (χ0) is 18.6. The molecule has 7 nitrogen and oxygen atoms in total. The topological polar surface area (TPSA) is 106 Å². The lowest BCUT2D eigenvalue weighted by atomic mass is 10.1. The van der Waals surface area contributed by atoms with E-state index in [4.69, 9.17) is 0 Å². The summed E-state index contributed by atoms with van der Waals surface area (Å²) in [7, 11) is 1.80. The maximum atomic E-state index is 11.9. The van der Waals surface area contributed by atoms with E-state index in [9.17, 15) is 15.2 Å². The molecule has 0 saturated heterocycles. The molecule has 0 aliphatic heterocycles. The molecule has 0 radical (unpaired) electrons. The highest BCUT2D eigenvalue weighted by molar-refractivity contribution is 5.83. The number of fused-ring (bicyclic) bond motifs is 1. The molecule has 1 unspecified atom stereocenters. The number of para-hydroxylation sites is 2. The Hall–Kier alpha value is -2.85. The van der Waals surface area contributed by atoms with Gasteiger partial charge in [0.05, 0.1) is 18.1 Å². The molecule has 2 rings (SSSR count). The number of aromatic nitrogens is 2. The Balaban J connectivity index is 2.25. The van der Waals surface area contributed by atoms with Crippen molar-refractivity contribution in [1.29, 1.82) is 5.26 Å². The summed E-state index contributed by atoms with van der Waals surface area (Å²) >= 11 is 0. The lowest BCUT2D eigenvalue weighted by molar-refractivity contribution is -0.891. The minimum absolute atomic E-state index is 0.0602. The van der Waals surface area contributed by atoms with Crippen LogP contribution in [-0.4, -0.2) is 46.7 Å². The summed E-state index contributed by atoms with van der Waals surface area (Å²) in [4.78, 5) is 20.1. The number of hydrogen-bond donors (Lipinski definition) is 4. The van der Waals surface area contributed by atoms with Crippen LogP contribution in [0, 0.1) is 11.3 Å². The number of nitriles is 1. The van der Waals surface area contributed by atoms with Crippen molar-refractivity contribution in [3.63, 3.8) is 0 Å². The predicted octanol–water partition coefficient (Wildman–Crippen LogP) is 0.783. The van der Waals surface area contributed by atoms with Crippen molar-refractivity contribution >= 4 is 22.5 Å². The molecule has 2 aromatic rings. The van der Waals surface area contributed by atoms with Gasteiger partial charge in [-0.1, -0.05) is 12.1 Å². The third-order valence-electron chi connectivity index (χ3n) is 4.03. The first-order valence-electron chi connectivity index (χ1n) is 8.23. The van der Waals surface area contributed by atoms with Crippen LogP contribution in [0.2, 0.25) is 0 Å². The van der Waals surface area contributed by atoms with E-state index in [1.165, 1.54) is 0 Å². The Morgan fingerprint density at radius 1 is 1.40 bits per heavy atom. The van der Waals surface area contributed by atoms with Crippen molar-refractivity contribution in [2.75, 3.05) is 13.6 Å². The second-order valence-electron chi connectivity index (χ2n) is 6.44. The summed E-state index contributed by atoms with van der Waals surface area (Å²) < 4.78 is 0. The van der Waals surface area contributed by atoms with Crippen molar-refractivity contribution in [3.8, 4) is 6.07 Å². The zero-order valence-electron chi connectivity index (χ0n) is 14.9. The van der Waals surface area contributed by atoms with Crippen LogP contribution < -0.4 is 10.2 Å². The first-order valence-corrected chi connectivity index (χ1v) is 8.23. The summed E-state index contributed by atoms with van der Waals surface area (Å²) in [5.41, 5.74) is 1.61. The molecule has 2 atom stereocenters. The van der Waals surface area contributed by atoms with Crippen LogP contribution >= 0.6 is 0 Å². The van der Waals surface area contributed by atoms with Gasteiger partial charge >= 0.3 is 0 Å². The van der Waals surface area contributed by atoms with E-state index < -0.39 is 6.04 Å². The monoisotopic (exact) mass is 342 g/mol. The molecule has 1 heterocycles. The first kappa shape index (κ1) is 18.5. The SMILES string of the molecule is CC(C)NC(=O)C[NH+](C)[C@@H](C)/C(O)=C(\C#N)c1nc2ccccc2[nH]1. The van der Waals surface area contributed by atoms with Crippen molar-refractivity contribution in [1.82, 2.24) is 15.3 Å². The number of carbonyl (C=O) groups is 1. The first-order chi connectivity index (χ1) is 11.8. The number of benzene rings is 1. The fourth-order valence-electron chi connectivity index (χ4n) is 2.53. The number of carbonyl (C=O) groups excluding carboxylic acids is 1. The number of nitrogens with one attached hydrogen (secondary N) is 3. The van der Waals surface area contributed by atoms with Crippen LogP contribution in [0.5, 0.6) is 0 Å². The molecular weight excluding hydrogens is 318 g/mol. The Kier molecular flexibility index (Phi) is 5.78. The highest BCUT2D eigenvalue weighted by Gasteiger charge is 2.25. The van der Waals surface area contributed by atoms with Gasteiger partial charge in [-0.15, -0.1) is 0 Å². The van der Waals surface area contributed by atoms with Gasteiger partial charge in [0.2, 0.25) is 0 Å². The lowest BCUT2D eigenvalue weighted by Crippen LogP contribution is -3.14. The number of quaternary nitrogens is 1. The third-order valence-corrected chi connectivity index (χ3v) is 4.03. The van der Waals surface area contributed by atoms with Gasteiger partial charge in [-0.25, -0.2) is 4.98 Å². The van der Waals surface area contributed by atoms with Gasteiger partial charge in [0.15, 0.2) is 18.1 Å². The summed E-state index contributed by atoms with van der Waals surface area (Å²) in [5, 5.41) is 22.9. The molecule has 1 amide bonds. The third kappa shape index (κ3) is 4.37. The van der Waals surface area contributed by atoms with Crippen LogP contribution in [0.3, 0.4) is 0 Å². The van der Waals surface area contributed by atoms with Gasteiger partial charge in [0.1, 0.15) is 17.7 Å². The van der Waals surface area contributed by atoms with Gasteiger partial charge in [0, 0.05) is 6.04 Å². The fraction of sp³-hybridized carbons (Fsp3) is 0.389. The number of nitrogens with zero attached hydrogens (tertiary/aromatic N) is 2. The summed E-state index contributed by atoms with van der Waals surface area (Å²) in [6.07, 6.45) is 0. The number of rotatable bonds is 6. The standard InChI is InChI=1S/C18H23N5O2/c1-11(2)20-16(24)10-23(4)12(3)17(25)13(9-19)18-21-14-7-5-6-8-15(14)22-18/h5-8,11-12,25H,10H2,1-4H3,(H,20,24)(H,21,22)/p+1/b17-13-/t12-/m0/s1. The zero-order valence-corrected chi connectivity index (χ0v) is 14.9. The Labute approximate surface area is 147 Å². The van der Waals surface area contributed by atoms with E-state index >= 15 is 0 Å². The number of hydrogen-bond acceptors (Lipinski definition) is 4. The molecule has 0 spiro atoms. The summed E-state index contributed by atoms with van der Waals surface area (Å²) in [5.74, 6) is 0.137. The van der Waals surface area contributed by atoms with E-state index in [-0.39, 0.29) is 29.8 Å². The maximum absolute atomic E-state index is 11.9. The van der Waals surface area contributed by atoms with E-state index in [1.54, 1.807) is 14.0 Å². The number of aromatic amines is 1. The van der Waals surface area contributed by atoms with E-state index in [1.807, 2.05) is 44.2 Å².